The summed E-state index contributed by atoms with van der Waals surface area (Å²) in [6.45, 7) is 2.20. The van der Waals surface area contributed by atoms with Crippen LogP contribution < -0.4 is 9.47 Å². The minimum Gasteiger partial charge on any atom is -0.496 e. The van der Waals surface area contributed by atoms with E-state index in [1.54, 1.807) is 21.1 Å². The lowest BCUT2D eigenvalue weighted by Crippen LogP contribution is -2.06. The number of benzene rings is 1. The lowest BCUT2D eigenvalue weighted by atomic mass is 10.1. The molecule has 0 atom stereocenters. The van der Waals surface area contributed by atoms with Gasteiger partial charge < -0.3 is 14.2 Å². The van der Waals surface area contributed by atoms with Crippen LogP contribution >= 0.6 is 0 Å². The van der Waals surface area contributed by atoms with E-state index in [-0.39, 0.29) is 5.97 Å². The Bertz CT molecular complexity index is 351. The first-order valence-corrected chi connectivity index (χ1v) is 5.58. The third kappa shape index (κ3) is 3.66. The Labute approximate surface area is 101 Å². The van der Waals surface area contributed by atoms with E-state index in [0.29, 0.717) is 19.4 Å². The Hall–Kier alpha value is -1.71. The van der Waals surface area contributed by atoms with Gasteiger partial charge in [0, 0.05) is 12.0 Å². The van der Waals surface area contributed by atoms with E-state index in [1.807, 2.05) is 18.2 Å². The Morgan fingerprint density at radius 1 is 1.18 bits per heavy atom. The highest BCUT2D eigenvalue weighted by Gasteiger charge is 2.12. The second kappa shape index (κ2) is 6.78. The van der Waals surface area contributed by atoms with Crippen molar-refractivity contribution in [3.8, 4) is 11.5 Å². The lowest BCUT2D eigenvalue weighted by Gasteiger charge is -2.12. The molecule has 0 aliphatic heterocycles. The van der Waals surface area contributed by atoms with Crippen molar-refractivity contribution in [2.75, 3.05) is 20.8 Å². The van der Waals surface area contributed by atoms with Crippen LogP contribution in [0.2, 0.25) is 0 Å². The number of carbonyl (C=O) groups is 1. The highest BCUT2D eigenvalue weighted by atomic mass is 16.5. The van der Waals surface area contributed by atoms with E-state index in [2.05, 4.69) is 0 Å². The Morgan fingerprint density at radius 3 is 2.24 bits per heavy atom. The van der Waals surface area contributed by atoms with Gasteiger partial charge in [-0.25, -0.2) is 0 Å². The predicted octanol–water partition coefficient (Wildman–Crippen LogP) is 2.20. The number of ether oxygens (including phenoxy) is 3. The highest BCUT2D eigenvalue weighted by Crippen LogP contribution is 2.29. The van der Waals surface area contributed by atoms with Crippen LogP contribution in [0.25, 0.3) is 0 Å². The van der Waals surface area contributed by atoms with Crippen LogP contribution in [0.4, 0.5) is 0 Å². The molecule has 0 heterocycles. The summed E-state index contributed by atoms with van der Waals surface area (Å²) < 4.78 is 15.4. The van der Waals surface area contributed by atoms with Crippen LogP contribution in [0.15, 0.2) is 18.2 Å². The average Bonchev–Trinajstić information content (AvgIpc) is 2.36. The van der Waals surface area contributed by atoms with Crippen LogP contribution in [0.3, 0.4) is 0 Å². The van der Waals surface area contributed by atoms with Crippen molar-refractivity contribution in [2.45, 2.75) is 19.8 Å². The molecule has 0 aliphatic carbocycles. The Balaban J connectivity index is 2.77. The molecular formula is C13H18O4. The molecule has 0 unspecified atom stereocenters. The van der Waals surface area contributed by atoms with Crippen molar-refractivity contribution in [1.82, 2.24) is 0 Å². The number of carbonyl (C=O) groups excluding carboxylic acids is 1. The minimum absolute atomic E-state index is 0.208. The fourth-order valence-electron chi connectivity index (χ4n) is 1.63. The van der Waals surface area contributed by atoms with Crippen LogP contribution in [-0.4, -0.2) is 26.8 Å². The monoisotopic (exact) mass is 238 g/mol. The zero-order valence-corrected chi connectivity index (χ0v) is 10.5. The van der Waals surface area contributed by atoms with Crippen molar-refractivity contribution in [3.63, 3.8) is 0 Å². The van der Waals surface area contributed by atoms with Gasteiger partial charge in [-0.2, -0.15) is 0 Å². The largest absolute Gasteiger partial charge is 0.496 e. The summed E-state index contributed by atoms with van der Waals surface area (Å²) in [5, 5.41) is 0. The standard InChI is InChI=1S/C13H18O4/c1-4-17-13(14)9-8-10-11(15-2)6-5-7-12(10)16-3/h5-7H,4,8-9H2,1-3H3. The number of methoxy groups -OCH3 is 2. The summed E-state index contributed by atoms with van der Waals surface area (Å²) in [5.74, 6) is 1.25. The SMILES string of the molecule is CCOC(=O)CCc1c(OC)cccc1OC. The van der Waals surface area contributed by atoms with E-state index < -0.39 is 0 Å². The molecule has 4 heteroatoms. The molecule has 0 amide bonds. The molecule has 0 radical (unpaired) electrons. The lowest BCUT2D eigenvalue weighted by molar-refractivity contribution is -0.143. The summed E-state index contributed by atoms with van der Waals surface area (Å²) >= 11 is 0. The molecule has 0 saturated heterocycles. The summed E-state index contributed by atoms with van der Waals surface area (Å²) in [6, 6.07) is 5.55. The third-order valence-electron chi connectivity index (χ3n) is 2.41. The molecule has 0 aliphatic rings. The predicted molar refractivity (Wildman–Crippen MR) is 64.5 cm³/mol. The zero-order chi connectivity index (χ0) is 12.7. The van der Waals surface area contributed by atoms with Crippen molar-refractivity contribution >= 4 is 5.97 Å². The third-order valence-corrected chi connectivity index (χ3v) is 2.41. The topological polar surface area (TPSA) is 44.8 Å². The first-order valence-electron chi connectivity index (χ1n) is 5.58. The van der Waals surface area contributed by atoms with Gasteiger partial charge in [-0.05, 0) is 25.5 Å². The molecule has 94 valence electrons. The quantitative estimate of drug-likeness (QED) is 0.713. The summed E-state index contributed by atoms with van der Waals surface area (Å²) in [4.78, 5) is 11.3. The molecular weight excluding hydrogens is 220 g/mol. The van der Waals surface area contributed by atoms with E-state index in [9.17, 15) is 4.79 Å². The number of hydrogen-bond acceptors (Lipinski definition) is 4. The minimum atomic E-state index is -0.208. The van der Waals surface area contributed by atoms with Crippen LogP contribution in [0.1, 0.15) is 18.9 Å². The van der Waals surface area contributed by atoms with Gasteiger partial charge >= 0.3 is 5.97 Å². The average molecular weight is 238 g/mol. The number of esters is 1. The van der Waals surface area contributed by atoms with Crippen LogP contribution in [0, 0.1) is 0 Å². The normalized spacial score (nSPS) is 9.82. The Morgan fingerprint density at radius 2 is 1.76 bits per heavy atom. The maximum atomic E-state index is 11.3. The molecule has 1 aromatic carbocycles. The first kappa shape index (κ1) is 13.4. The molecule has 0 N–H and O–H groups in total. The molecule has 0 saturated carbocycles. The molecule has 1 aromatic rings. The van der Waals surface area contributed by atoms with Crippen molar-refractivity contribution < 1.29 is 19.0 Å². The Kier molecular flexibility index (Phi) is 5.33. The molecule has 1 rings (SSSR count). The maximum absolute atomic E-state index is 11.3. The van der Waals surface area contributed by atoms with Gasteiger partial charge in [0.2, 0.25) is 0 Å². The van der Waals surface area contributed by atoms with Gasteiger partial charge in [-0.1, -0.05) is 6.07 Å². The zero-order valence-electron chi connectivity index (χ0n) is 10.5. The molecule has 4 nitrogen and oxygen atoms in total. The van der Waals surface area contributed by atoms with Crippen molar-refractivity contribution in [2.24, 2.45) is 0 Å². The summed E-state index contributed by atoms with van der Waals surface area (Å²) in [7, 11) is 3.20. The smallest absolute Gasteiger partial charge is 0.306 e. The molecule has 17 heavy (non-hydrogen) atoms. The van der Waals surface area contributed by atoms with Crippen molar-refractivity contribution in [3.05, 3.63) is 23.8 Å². The second-order valence-corrected chi connectivity index (χ2v) is 3.45. The van der Waals surface area contributed by atoms with E-state index in [0.717, 1.165) is 17.1 Å². The van der Waals surface area contributed by atoms with Crippen LogP contribution in [-0.2, 0) is 16.0 Å². The van der Waals surface area contributed by atoms with E-state index >= 15 is 0 Å². The van der Waals surface area contributed by atoms with Gasteiger partial charge in [0.15, 0.2) is 0 Å². The highest BCUT2D eigenvalue weighted by molar-refractivity contribution is 5.70. The maximum Gasteiger partial charge on any atom is 0.306 e. The molecule has 0 fully saturated rings. The van der Waals surface area contributed by atoms with Gasteiger partial charge in [0.25, 0.3) is 0 Å². The van der Waals surface area contributed by atoms with Gasteiger partial charge in [-0.15, -0.1) is 0 Å². The fourth-order valence-corrected chi connectivity index (χ4v) is 1.63. The summed E-state index contributed by atoms with van der Waals surface area (Å²) in [5.41, 5.74) is 0.894. The molecule has 0 spiro atoms. The van der Waals surface area contributed by atoms with E-state index in [4.69, 9.17) is 14.2 Å². The number of hydrogen-bond donors (Lipinski definition) is 0. The van der Waals surface area contributed by atoms with Gasteiger partial charge in [0.1, 0.15) is 11.5 Å². The molecule has 0 bridgehead atoms. The van der Waals surface area contributed by atoms with Gasteiger partial charge in [0.05, 0.1) is 20.8 Å². The van der Waals surface area contributed by atoms with Crippen molar-refractivity contribution in [1.29, 1.82) is 0 Å². The fraction of sp³-hybridized carbons (Fsp3) is 0.462. The first-order chi connectivity index (χ1) is 8.22. The van der Waals surface area contributed by atoms with E-state index in [1.165, 1.54) is 0 Å². The van der Waals surface area contributed by atoms with Gasteiger partial charge in [-0.3, -0.25) is 4.79 Å². The summed E-state index contributed by atoms with van der Waals surface area (Å²) in [6.07, 6.45) is 0.872. The number of rotatable bonds is 6. The second-order valence-electron chi connectivity index (χ2n) is 3.45. The molecule has 0 aromatic heterocycles. The van der Waals surface area contributed by atoms with Crippen LogP contribution in [0.5, 0.6) is 11.5 Å².